The van der Waals surface area contributed by atoms with Crippen LogP contribution in [0.4, 0.5) is 0 Å². The molecule has 0 aromatic carbocycles. The van der Waals surface area contributed by atoms with Crippen LogP contribution in [0.15, 0.2) is 18.2 Å². The van der Waals surface area contributed by atoms with Crippen molar-refractivity contribution >= 4 is 35.6 Å². The molecule has 14 unspecified atom stereocenters. The van der Waals surface area contributed by atoms with E-state index in [1.54, 1.807) is 0 Å². The molecule has 2 bridgehead atoms. The molecule has 0 fully saturated rings. The largest absolute Gasteiger partial charge is 3.00 e. The summed E-state index contributed by atoms with van der Waals surface area (Å²) >= 11 is 0. The van der Waals surface area contributed by atoms with E-state index >= 15 is 0 Å². The Balaban J connectivity index is 0.0000281. The standard InChI is InChI=1S/C43H73N7O24.Gd/c51-19-29(56)37(64)34(61)26(53)14-44-32(59)8-5-24(41(69)70)49-12-10-48(23(40(67)68)4-7-31(58)46-16-28(55)36(63)39(66)43(73)74)11-13-50(18-22-3-1-2-21(17-49)47-22)25(42(71)72)6-9-33(60)45-15-27(54)35(62)38(65)30(57)20-52;/h1-3,23-30,34-39,43,51-57,61-66,73-74H,4-20H2,(H,44,59)(H,45,60)(H,46,58)(H,67,68)(H,69,70)(H,71,72);/q;+3/p-3. The first-order chi connectivity index (χ1) is 34.7. The first-order valence-electron chi connectivity index (χ1n) is 23.4. The van der Waals surface area contributed by atoms with Crippen molar-refractivity contribution in [1.82, 2.24) is 35.6 Å². The molecule has 0 aliphatic carbocycles. The normalized spacial score (nSPS) is 19.8. The van der Waals surface area contributed by atoms with Gasteiger partial charge in [-0.05, 0) is 31.4 Å². The van der Waals surface area contributed by atoms with E-state index in [0.29, 0.717) is 0 Å². The Morgan fingerprint density at radius 2 is 0.747 bits per heavy atom. The fraction of sp³-hybridized carbons (Fsp3) is 0.744. The molecule has 1 aliphatic rings. The molecule has 429 valence electrons. The van der Waals surface area contributed by atoms with E-state index in [4.69, 9.17) is 20.4 Å². The van der Waals surface area contributed by atoms with Crippen LogP contribution in [-0.2, 0) is 41.9 Å². The number of rotatable bonds is 32. The Bertz CT molecular complexity index is 1820. The zero-order valence-electron chi connectivity index (χ0n) is 40.4. The maximum Gasteiger partial charge on any atom is 3.00 e. The van der Waals surface area contributed by atoms with Gasteiger partial charge in [-0.25, -0.2) is 0 Å². The third-order valence-electron chi connectivity index (χ3n) is 12.2. The maximum absolute atomic E-state index is 12.9. The van der Waals surface area contributed by atoms with E-state index in [0.717, 1.165) is 0 Å². The molecule has 0 saturated heterocycles. The first-order valence-corrected chi connectivity index (χ1v) is 23.4. The number of carbonyl (C=O) groups excluding carboxylic acids is 6. The summed E-state index contributed by atoms with van der Waals surface area (Å²) in [4.78, 5) is 85.4. The van der Waals surface area contributed by atoms with E-state index in [2.05, 4.69) is 20.9 Å². The van der Waals surface area contributed by atoms with Crippen molar-refractivity contribution in [2.75, 3.05) is 59.0 Å². The fourth-order valence-corrected chi connectivity index (χ4v) is 7.71. The predicted molar refractivity (Wildman–Crippen MR) is 238 cm³/mol. The van der Waals surface area contributed by atoms with E-state index in [9.17, 15) is 100 Å². The van der Waals surface area contributed by atoms with Crippen LogP contribution < -0.4 is 31.3 Å². The van der Waals surface area contributed by atoms with E-state index in [1.165, 1.54) is 32.9 Å². The molecule has 1 aliphatic heterocycles. The van der Waals surface area contributed by atoms with E-state index in [-0.39, 0.29) is 77.5 Å². The quantitative estimate of drug-likeness (QED) is 0.0298. The van der Waals surface area contributed by atoms with Gasteiger partial charge in [-0.3, -0.25) is 34.1 Å². The smallest absolute Gasteiger partial charge is 0.548 e. The van der Waals surface area contributed by atoms with Crippen molar-refractivity contribution in [3.8, 4) is 0 Å². The fourth-order valence-electron chi connectivity index (χ4n) is 7.71. The molecule has 0 saturated carbocycles. The molecule has 32 heteroatoms. The number of aliphatic carboxylic acids is 3. The Morgan fingerprint density at radius 1 is 0.467 bits per heavy atom. The van der Waals surface area contributed by atoms with Gasteiger partial charge >= 0.3 is 39.9 Å². The second-order valence-electron chi connectivity index (χ2n) is 17.7. The average molecular weight is 1230 g/mol. The minimum absolute atomic E-state index is 0. The number of aliphatic hydroxyl groups excluding tert-OH is 14. The van der Waals surface area contributed by atoms with Crippen LogP contribution in [0.1, 0.15) is 49.9 Å². The van der Waals surface area contributed by atoms with Crippen LogP contribution in [0.2, 0.25) is 0 Å². The van der Waals surface area contributed by atoms with Crippen LogP contribution in [-0.4, -0.2) is 282 Å². The summed E-state index contributed by atoms with van der Waals surface area (Å²) in [6.07, 6.45) is -27.5. The van der Waals surface area contributed by atoms with Gasteiger partial charge in [0, 0.05) is 84.2 Å². The molecule has 75 heavy (non-hydrogen) atoms. The molecule has 1 aromatic heterocycles. The molecule has 3 amide bonds. The van der Waals surface area contributed by atoms with Gasteiger partial charge in [0.15, 0.2) is 6.29 Å². The molecule has 31 nitrogen and oxygen atoms in total. The number of nitrogens with zero attached hydrogens (tertiary/aromatic N) is 4. The molecule has 0 spiro atoms. The number of fused-ring (bicyclic) bond motifs is 2. The molecular formula is C43H70GdN7O24. The summed E-state index contributed by atoms with van der Waals surface area (Å²) in [5.74, 6) is -7.83. The second kappa shape index (κ2) is 35.2. The van der Waals surface area contributed by atoms with Gasteiger partial charge in [-0.2, -0.15) is 0 Å². The van der Waals surface area contributed by atoms with Gasteiger partial charge in [0.1, 0.15) is 48.8 Å². The van der Waals surface area contributed by atoms with Crippen molar-refractivity contribution < 1.29 is 161 Å². The molecule has 2 rings (SSSR count). The monoisotopic (exact) mass is 1230 g/mol. The zero-order chi connectivity index (χ0) is 56.0. The molecular weight excluding hydrogens is 1160 g/mol. The third kappa shape index (κ3) is 23.6. The topological polar surface area (TPSA) is 534 Å². The van der Waals surface area contributed by atoms with E-state index < -0.39 is 212 Å². The molecule has 2 heterocycles. The van der Waals surface area contributed by atoms with Gasteiger partial charge in [0.25, 0.3) is 0 Å². The maximum atomic E-state index is 12.9. The Labute approximate surface area is 461 Å². The minimum atomic E-state index is -2.46. The van der Waals surface area contributed by atoms with Crippen molar-refractivity contribution in [3.63, 3.8) is 0 Å². The average Bonchev–Trinajstić information content (AvgIpc) is 3.36. The summed E-state index contributed by atoms with van der Waals surface area (Å²) in [5, 5.41) is 191. The van der Waals surface area contributed by atoms with Gasteiger partial charge < -0.3 is 122 Å². The summed E-state index contributed by atoms with van der Waals surface area (Å²) in [6.45, 7) is -6.21. The zero-order valence-corrected chi connectivity index (χ0v) is 42.7. The minimum Gasteiger partial charge on any atom is -0.548 e. The number of carboxylic acid groups (broad SMARTS) is 3. The Kier molecular flexibility index (Phi) is 32.6. The molecule has 18 N–H and O–H groups in total. The Morgan fingerprint density at radius 3 is 1.04 bits per heavy atom. The number of hydrogen-bond acceptors (Lipinski definition) is 28. The van der Waals surface area contributed by atoms with Crippen LogP contribution >= 0.6 is 0 Å². The summed E-state index contributed by atoms with van der Waals surface area (Å²) in [6, 6.07) is -0.519. The number of carboxylic acids is 3. The van der Waals surface area contributed by atoms with Gasteiger partial charge in [0.2, 0.25) is 17.7 Å². The number of aromatic nitrogens is 1. The molecule has 14 atom stereocenters. The number of hydrogen-bond donors (Lipinski definition) is 18. The number of aliphatic hydroxyl groups is 15. The summed E-state index contributed by atoms with van der Waals surface area (Å²) in [7, 11) is 0. The number of carbonyl (C=O) groups is 6. The summed E-state index contributed by atoms with van der Waals surface area (Å²) < 4.78 is 0. The van der Waals surface area contributed by atoms with Crippen LogP contribution in [0, 0.1) is 39.9 Å². The predicted octanol–water partition coefficient (Wildman–Crippen LogP) is -14.7. The van der Waals surface area contributed by atoms with Gasteiger partial charge in [-0.15, -0.1) is 0 Å². The van der Waals surface area contributed by atoms with Gasteiger partial charge in [-0.1, -0.05) is 6.07 Å². The van der Waals surface area contributed by atoms with Crippen LogP contribution in [0.25, 0.3) is 0 Å². The van der Waals surface area contributed by atoms with Gasteiger partial charge in [0.05, 0.1) is 72.9 Å². The van der Waals surface area contributed by atoms with Crippen molar-refractivity contribution in [1.29, 1.82) is 0 Å². The summed E-state index contributed by atoms with van der Waals surface area (Å²) in [5.41, 5.74) is 0.350. The van der Waals surface area contributed by atoms with Crippen molar-refractivity contribution in [3.05, 3.63) is 29.6 Å². The van der Waals surface area contributed by atoms with Crippen molar-refractivity contribution in [2.24, 2.45) is 0 Å². The number of nitrogens with one attached hydrogen (secondary N) is 3. The third-order valence-corrected chi connectivity index (χ3v) is 12.2. The van der Waals surface area contributed by atoms with Crippen LogP contribution in [0.3, 0.4) is 0 Å². The molecule has 1 radical (unpaired) electrons. The molecule has 1 aromatic rings. The van der Waals surface area contributed by atoms with E-state index in [1.807, 2.05) is 0 Å². The first kappa shape index (κ1) is 69.6. The SMILES string of the molecule is O=C(CCC(C(=O)[O-])N1CCN(C(CCC(=O)NCC(O)C(O)C(O)C(O)CO)C(=O)[O-])Cc2cccc(n2)CN(C(CCC(=O)NCC(O)C(O)C(O)C(O)CO)C(=O)[O-])CC1)NCC(O)C(O)C(O)C(O)O.[Gd+3]. The van der Waals surface area contributed by atoms with Crippen molar-refractivity contribution in [2.45, 2.75) is 143 Å². The second-order valence-corrected chi connectivity index (χ2v) is 17.7. The Hall–Kier alpha value is -3.43. The van der Waals surface area contributed by atoms with Crippen LogP contribution in [0.5, 0.6) is 0 Å². The number of amides is 3. The number of pyridine rings is 1.